The Morgan fingerprint density at radius 3 is 2.79 bits per heavy atom. The first-order chi connectivity index (χ1) is 9.02. The Morgan fingerprint density at radius 1 is 1.42 bits per heavy atom. The second kappa shape index (κ2) is 8.33. The van der Waals surface area contributed by atoms with E-state index in [-0.39, 0.29) is 11.9 Å². The van der Waals surface area contributed by atoms with E-state index in [9.17, 15) is 4.79 Å². The Balaban J connectivity index is 2.25. The third-order valence-electron chi connectivity index (χ3n) is 3.07. The van der Waals surface area contributed by atoms with Gasteiger partial charge in [0, 0.05) is 30.0 Å². The minimum atomic E-state index is 0.116. The molecule has 3 nitrogen and oxygen atoms in total. The molecular weight excluding hydrogens is 304 g/mol. The van der Waals surface area contributed by atoms with Crippen LogP contribution in [0.4, 0.5) is 0 Å². The highest BCUT2D eigenvalue weighted by atomic mass is 79.9. The number of benzene rings is 1. The van der Waals surface area contributed by atoms with Crippen molar-refractivity contribution in [3.63, 3.8) is 0 Å². The molecule has 0 aromatic heterocycles. The number of rotatable bonds is 7. The smallest absolute Gasteiger partial charge is 0.221 e. The van der Waals surface area contributed by atoms with Gasteiger partial charge in [-0.25, -0.2) is 0 Å². The number of aryl methyl sites for hydroxylation is 1. The van der Waals surface area contributed by atoms with E-state index in [1.807, 2.05) is 6.92 Å². The van der Waals surface area contributed by atoms with Crippen LogP contribution in [0.1, 0.15) is 37.8 Å². The standard InChI is InChI=1S/C15H23BrN2O/c1-4-12(3)18-15(19)7-8-17-10-13-6-5-11(2)9-14(13)16/h5-6,9,12,17H,4,7-8,10H2,1-3H3,(H,18,19). The zero-order valence-corrected chi connectivity index (χ0v) is 13.5. The van der Waals surface area contributed by atoms with Crippen LogP contribution < -0.4 is 10.6 Å². The average molecular weight is 327 g/mol. The van der Waals surface area contributed by atoms with Crippen molar-refractivity contribution in [3.05, 3.63) is 33.8 Å². The van der Waals surface area contributed by atoms with Crippen LogP contribution in [0.5, 0.6) is 0 Å². The molecule has 0 aliphatic rings. The Bertz CT molecular complexity index is 421. The lowest BCUT2D eigenvalue weighted by Gasteiger charge is -2.12. The van der Waals surface area contributed by atoms with Crippen molar-refractivity contribution >= 4 is 21.8 Å². The molecule has 1 atom stereocenters. The molecule has 0 heterocycles. The second-order valence-electron chi connectivity index (χ2n) is 4.90. The first kappa shape index (κ1) is 16.2. The van der Waals surface area contributed by atoms with E-state index in [1.165, 1.54) is 11.1 Å². The van der Waals surface area contributed by atoms with Gasteiger partial charge in [-0.1, -0.05) is 35.0 Å². The molecule has 1 aromatic carbocycles. The summed E-state index contributed by atoms with van der Waals surface area (Å²) in [5.41, 5.74) is 2.46. The molecule has 0 aliphatic heterocycles. The third kappa shape index (κ3) is 6.21. The van der Waals surface area contributed by atoms with Crippen LogP contribution in [-0.4, -0.2) is 18.5 Å². The predicted molar refractivity (Wildman–Crippen MR) is 83.1 cm³/mol. The molecule has 0 aliphatic carbocycles. The molecule has 0 fully saturated rings. The topological polar surface area (TPSA) is 41.1 Å². The van der Waals surface area contributed by atoms with E-state index in [0.29, 0.717) is 13.0 Å². The van der Waals surface area contributed by atoms with E-state index in [0.717, 1.165) is 17.4 Å². The Kier molecular flexibility index (Phi) is 7.10. The van der Waals surface area contributed by atoms with Crippen molar-refractivity contribution in [2.45, 2.75) is 46.2 Å². The molecule has 1 aromatic rings. The van der Waals surface area contributed by atoms with Gasteiger partial charge in [0.25, 0.3) is 0 Å². The zero-order valence-electron chi connectivity index (χ0n) is 11.9. The molecular formula is C15H23BrN2O. The summed E-state index contributed by atoms with van der Waals surface area (Å²) in [6, 6.07) is 6.56. The molecule has 19 heavy (non-hydrogen) atoms. The minimum absolute atomic E-state index is 0.116. The van der Waals surface area contributed by atoms with Gasteiger partial charge in [0.15, 0.2) is 0 Å². The van der Waals surface area contributed by atoms with E-state index >= 15 is 0 Å². The minimum Gasteiger partial charge on any atom is -0.354 e. The molecule has 1 amide bonds. The van der Waals surface area contributed by atoms with Gasteiger partial charge in [0.05, 0.1) is 0 Å². The number of hydrogen-bond acceptors (Lipinski definition) is 2. The number of carbonyl (C=O) groups is 1. The number of hydrogen-bond donors (Lipinski definition) is 2. The highest BCUT2D eigenvalue weighted by molar-refractivity contribution is 9.10. The highest BCUT2D eigenvalue weighted by Crippen LogP contribution is 2.17. The molecule has 1 unspecified atom stereocenters. The van der Waals surface area contributed by atoms with Crippen LogP contribution in [0.2, 0.25) is 0 Å². The van der Waals surface area contributed by atoms with Crippen LogP contribution in [0, 0.1) is 6.92 Å². The Hall–Kier alpha value is -0.870. The molecule has 106 valence electrons. The van der Waals surface area contributed by atoms with Crippen molar-refractivity contribution in [3.8, 4) is 0 Å². The normalized spacial score (nSPS) is 12.2. The lowest BCUT2D eigenvalue weighted by atomic mass is 10.1. The summed E-state index contributed by atoms with van der Waals surface area (Å²) < 4.78 is 1.11. The molecule has 0 spiro atoms. The summed E-state index contributed by atoms with van der Waals surface area (Å²) in [4.78, 5) is 11.6. The van der Waals surface area contributed by atoms with Crippen molar-refractivity contribution in [2.75, 3.05) is 6.54 Å². The van der Waals surface area contributed by atoms with Gasteiger partial charge in [-0.3, -0.25) is 4.79 Å². The number of nitrogens with one attached hydrogen (secondary N) is 2. The lowest BCUT2D eigenvalue weighted by molar-refractivity contribution is -0.121. The van der Waals surface area contributed by atoms with Gasteiger partial charge < -0.3 is 10.6 Å². The number of halogens is 1. The van der Waals surface area contributed by atoms with Crippen molar-refractivity contribution in [1.29, 1.82) is 0 Å². The summed E-state index contributed by atoms with van der Waals surface area (Å²) in [7, 11) is 0. The fourth-order valence-corrected chi connectivity index (χ4v) is 2.30. The van der Waals surface area contributed by atoms with E-state index in [1.54, 1.807) is 0 Å². The summed E-state index contributed by atoms with van der Waals surface area (Å²) in [5, 5.41) is 6.25. The van der Waals surface area contributed by atoms with Crippen LogP contribution in [-0.2, 0) is 11.3 Å². The van der Waals surface area contributed by atoms with E-state index in [2.05, 4.69) is 58.6 Å². The van der Waals surface area contributed by atoms with Crippen molar-refractivity contribution in [2.24, 2.45) is 0 Å². The summed E-state index contributed by atoms with van der Waals surface area (Å²) in [6.07, 6.45) is 1.49. The molecule has 1 rings (SSSR count). The SMILES string of the molecule is CCC(C)NC(=O)CCNCc1ccc(C)cc1Br. The van der Waals surface area contributed by atoms with Gasteiger partial charge in [0.1, 0.15) is 0 Å². The van der Waals surface area contributed by atoms with E-state index < -0.39 is 0 Å². The van der Waals surface area contributed by atoms with Gasteiger partial charge in [-0.2, -0.15) is 0 Å². The number of amides is 1. The van der Waals surface area contributed by atoms with E-state index in [4.69, 9.17) is 0 Å². The fraction of sp³-hybridized carbons (Fsp3) is 0.533. The van der Waals surface area contributed by atoms with Crippen molar-refractivity contribution in [1.82, 2.24) is 10.6 Å². The first-order valence-electron chi connectivity index (χ1n) is 6.78. The predicted octanol–water partition coefficient (Wildman–Crippen LogP) is 3.15. The maximum atomic E-state index is 11.6. The fourth-order valence-electron chi connectivity index (χ4n) is 1.67. The highest BCUT2D eigenvalue weighted by Gasteiger charge is 2.05. The maximum absolute atomic E-state index is 11.6. The van der Waals surface area contributed by atoms with Crippen LogP contribution in [0.3, 0.4) is 0 Å². The van der Waals surface area contributed by atoms with Crippen LogP contribution in [0.25, 0.3) is 0 Å². The number of carbonyl (C=O) groups excluding carboxylic acids is 1. The van der Waals surface area contributed by atoms with Gasteiger partial charge >= 0.3 is 0 Å². The quantitative estimate of drug-likeness (QED) is 0.756. The molecule has 4 heteroatoms. The Labute approximate surface area is 124 Å². The monoisotopic (exact) mass is 326 g/mol. The molecule has 2 N–H and O–H groups in total. The third-order valence-corrected chi connectivity index (χ3v) is 3.81. The molecule has 0 bridgehead atoms. The first-order valence-corrected chi connectivity index (χ1v) is 7.57. The average Bonchev–Trinajstić information content (AvgIpc) is 2.36. The summed E-state index contributed by atoms with van der Waals surface area (Å²) in [5.74, 6) is 0.116. The zero-order chi connectivity index (χ0) is 14.3. The Morgan fingerprint density at radius 2 is 2.16 bits per heavy atom. The molecule has 0 saturated heterocycles. The second-order valence-corrected chi connectivity index (χ2v) is 5.75. The molecule has 0 saturated carbocycles. The largest absolute Gasteiger partial charge is 0.354 e. The van der Waals surface area contributed by atoms with Crippen molar-refractivity contribution < 1.29 is 4.79 Å². The lowest BCUT2D eigenvalue weighted by Crippen LogP contribution is -2.33. The maximum Gasteiger partial charge on any atom is 0.221 e. The van der Waals surface area contributed by atoms with Gasteiger partial charge in [-0.05, 0) is 37.5 Å². The molecule has 0 radical (unpaired) electrons. The van der Waals surface area contributed by atoms with Gasteiger partial charge in [0.2, 0.25) is 5.91 Å². The van der Waals surface area contributed by atoms with Crippen LogP contribution in [0.15, 0.2) is 22.7 Å². The van der Waals surface area contributed by atoms with Gasteiger partial charge in [-0.15, -0.1) is 0 Å². The summed E-state index contributed by atoms with van der Waals surface area (Å²) in [6.45, 7) is 7.63. The summed E-state index contributed by atoms with van der Waals surface area (Å²) >= 11 is 3.55. The van der Waals surface area contributed by atoms with Crippen LogP contribution >= 0.6 is 15.9 Å².